The third kappa shape index (κ3) is 5.97. The molecule has 0 aromatic carbocycles. The van der Waals surface area contributed by atoms with E-state index in [1.165, 1.54) is 0 Å². The Morgan fingerprint density at radius 2 is 1.94 bits per heavy atom. The van der Waals surface area contributed by atoms with Crippen LogP contribution in [-0.4, -0.2) is 42.2 Å². The zero-order chi connectivity index (χ0) is 13.6. The van der Waals surface area contributed by atoms with Crippen molar-refractivity contribution < 1.29 is 13.2 Å². The highest BCUT2D eigenvalue weighted by Gasteiger charge is 2.26. The van der Waals surface area contributed by atoms with Crippen LogP contribution in [0.25, 0.3) is 0 Å². The lowest BCUT2D eigenvalue weighted by Crippen LogP contribution is -2.40. The fourth-order valence-electron chi connectivity index (χ4n) is 1.51. The van der Waals surface area contributed by atoms with E-state index >= 15 is 0 Å². The van der Waals surface area contributed by atoms with E-state index in [4.69, 9.17) is 0 Å². The molecule has 1 heterocycles. The second-order valence-corrected chi connectivity index (χ2v) is 4.37. The van der Waals surface area contributed by atoms with E-state index in [-0.39, 0.29) is 6.04 Å². The highest BCUT2D eigenvalue weighted by molar-refractivity contribution is 5.09. The van der Waals surface area contributed by atoms with E-state index in [2.05, 4.69) is 10.3 Å². The SMILES string of the molecule is CC(CNCC(F)(F)F)N(C)Cc1ccncc1. The number of nitrogens with zero attached hydrogens (tertiary/aromatic N) is 2. The third-order valence-corrected chi connectivity index (χ3v) is 2.70. The molecule has 0 saturated heterocycles. The second kappa shape index (κ2) is 6.70. The molecule has 0 aliphatic heterocycles. The Balaban J connectivity index is 2.31. The standard InChI is InChI=1S/C12H18F3N3/c1-10(7-17-9-12(13,14)15)18(2)8-11-3-5-16-6-4-11/h3-6,10,17H,7-9H2,1-2H3. The molecule has 0 spiro atoms. The predicted molar refractivity (Wildman–Crippen MR) is 64.1 cm³/mol. The van der Waals surface area contributed by atoms with E-state index in [9.17, 15) is 13.2 Å². The summed E-state index contributed by atoms with van der Waals surface area (Å²) in [7, 11) is 1.89. The van der Waals surface area contributed by atoms with Crippen LogP contribution in [-0.2, 0) is 6.54 Å². The first-order chi connectivity index (χ1) is 8.38. The van der Waals surface area contributed by atoms with Crippen molar-refractivity contribution in [3.8, 4) is 0 Å². The summed E-state index contributed by atoms with van der Waals surface area (Å²) in [6.07, 6.45) is -0.741. The maximum absolute atomic E-state index is 12.0. The number of likely N-dealkylation sites (N-methyl/N-ethyl adjacent to an activating group) is 1. The number of pyridine rings is 1. The van der Waals surface area contributed by atoms with Crippen LogP contribution in [0.3, 0.4) is 0 Å². The van der Waals surface area contributed by atoms with Crippen molar-refractivity contribution in [1.29, 1.82) is 0 Å². The Morgan fingerprint density at radius 3 is 2.50 bits per heavy atom. The number of alkyl halides is 3. The van der Waals surface area contributed by atoms with Gasteiger partial charge in [0.1, 0.15) is 0 Å². The minimum Gasteiger partial charge on any atom is -0.307 e. The Labute approximate surface area is 105 Å². The molecule has 6 heteroatoms. The predicted octanol–water partition coefficient (Wildman–Crippen LogP) is 2.05. The summed E-state index contributed by atoms with van der Waals surface area (Å²) in [6.45, 7) is 1.95. The third-order valence-electron chi connectivity index (χ3n) is 2.70. The van der Waals surface area contributed by atoms with Crippen LogP contribution < -0.4 is 5.32 Å². The lowest BCUT2D eigenvalue weighted by atomic mass is 10.2. The van der Waals surface area contributed by atoms with Crippen LogP contribution in [0.15, 0.2) is 24.5 Å². The lowest BCUT2D eigenvalue weighted by Gasteiger charge is -2.25. The van der Waals surface area contributed by atoms with Crippen LogP contribution in [0, 0.1) is 0 Å². The quantitative estimate of drug-likeness (QED) is 0.849. The van der Waals surface area contributed by atoms with Gasteiger partial charge in [-0.3, -0.25) is 9.88 Å². The summed E-state index contributed by atoms with van der Waals surface area (Å²) >= 11 is 0. The monoisotopic (exact) mass is 261 g/mol. The van der Waals surface area contributed by atoms with E-state index in [1.807, 2.05) is 31.0 Å². The van der Waals surface area contributed by atoms with Crippen molar-refractivity contribution in [2.24, 2.45) is 0 Å². The van der Waals surface area contributed by atoms with Gasteiger partial charge < -0.3 is 5.32 Å². The van der Waals surface area contributed by atoms with Gasteiger partial charge in [-0.2, -0.15) is 13.2 Å². The molecular weight excluding hydrogens is 243 g/mol. The number of halogens is 3. The molecule has 1 aromatic heterocycles. The maximum atomic E-state index is 12.0. The molecular formula is C12H18F3N3. The van der Waals surface area contributed by atoms with Crippen molar-refractivity contribution in [2.75, 3.05) is 20.1 Å². The first-order valence-electron chi connectivity index (χ1n) is 5.75. The largest absolute Gasteiger partial charge is 0.401 e. The molecule has 0 fully saturated rings. The number of hydrogen-bond donors (Lipinski definition) is 1. The molecule has 0 aliphatic rings. The average molecular weight is 261 g/mol. The first kappa shape index (κ1) is 14.9. The molecule has 0 saturated carbocycles. The Bertz CT molecular complexity index is 340. The van der Waals surface area contributed by atoms with Crippen LogP contribution in [0.1, 0.15) is 12.5 Å². The molecule has 0 radical (unpaired) electrons. The number of hydrogen-bond acceptors (Lipinski definition) is 3. The Morgan fingerprint density at radius 1 is 1.33 bits per heavy atom. The van der Waals surface area contributed by atoms with Gasteiger partial charge in [-0.1, -0.05) is 0 Å². The summed E-state index contributed by atoms with van der Waals surface area (Å²) in [4.78, 5) is 5.92. The first-order valence-corrected chi connectivity index (χ1v) is 5.75. The fraction of sp³-hybridized carbons (Fsp3) is 0.583. The number of nitrogens with one attached hydrogen (secondary N) is 1. The van der Waals surface area contributed by atoms with E-state index in [0.717, 1.165) is 5.56 Å². The number of aromatic nitrogens is 1. The van der Waals surface area contributed by atoms with Gasteiger partial charge in [0, 0.05) is 31.5 Å². The summed E-state index contributed by atoms with van der Waals surface area (Å²) < 4.78 is 35.9. The van der Waals surface area contributed by atoms with Gasteiger partial charge in [0.25, 0.3) is 0 Å². The minimum atomic E-state index is -4.15. The van der Waals surface area contributed by atoms with Crippen LogP contribution in [0.5, 0.6) is 0 Å². The zero-order valence-corrected chi connectivity index (χ0v) is 10.5. The van der Waals surface area contributed by atoms with E-state index < -0.39 is 12.7 Å². The molecule has 18 heavy (non-hydrogen) atoms. The molecule has 102 valence electrons. The second-order valence-electron chi connectivity index (χ2n) is 4.37. The normalized spacial score (nSPS) is 13.9. The van der Waals surface area contributed by atoms with Gasteiger partial charge in [-0.25, -0.2) is 0 Å². The van der Waals surface area contributed by atoms with Crippen LogP contribution in [0.2, 0.25) is 0 Å². The summed E-state index contributed by atoms with van der Waals surface area (Å²) in [5.41, 5.74) is 1.09. The van der Waals surface area contributed by atoms with Crippen molar-refractivity contribution in [3.63, 3.8) is 0 Å². The van der Waals surface area contributed by atoms with Gasteiger partial charge >= 0.3 is 6.18 Å². The summed E-state index contributed by atoms with van der Waals surface area (Å²) in [5.74, 6) is 0. The van der Waals surface area contributed by atoms with Crippen LogP contribution >= 0.6 is 0 Å². The van der Waals surface area contributed by atoms with Gasteiger partial charge in [0.05, 0.1) is 6.54 Å². The molecule has 1 rings (SSSR count). The minimum absolute atomic E-state index is 0.0283. The zero-order valence-electron chi connectivity index (χ0n) is 10.5. The Kier molecular flexibility index (Phi) is 5.55. The molecule has 1 atom stereocenters. The van der Waals surface area contributed by atoms with E-state index in [1.54, 1.807) is 12.4 Å². The average Bonchev–Trinajstić information content (AvgIpc) is 2.28. The smallest absolute Gasteiger partial charge is 0.307 e. The molecule has 1 unspecified atom stereocenters. The topological polar surface area (TPSA) is 28.2 Å². The van der Waals surface area contributed by atoms with Crippen molar-refractivity contribution in [1.82, 2.24) is 15.2 Å². The highest BCUT2D eigenvalue weighted by atomic mass is 19.4. The van der Waals surface area contributed by atoms with E-state index in [0.29, 0.717) is 13.1 Å². The highest BCUT2D eigenvalue weighted by Crippen LogP contribution is 2.12. The fourth-order valence-corrected chi connectivity index (χ4v) is 1.51. The Hall–Kier alpha value is -1.14. The number of rotatable bonds is 6. The van der Waals surface area contributed by atoms with Gasteiger partial charge in [0.2, 0.25) is 0 Å². The molecule has 0 bridgehead atoms. The van der Waals surface area contributed by atoms with Crippen molar-refractivity contribution in [3.05, 3.63) is 30.1 Å². The summed E-state index contributed by atoms with van der Waals surface area (Å²) in [6, 6.07) is 3.82. The molecule has 0 aliphatic carbocycles. The molecule has 0 amide bonds. The van der Waals surface area contributed by atoms with Crippen molar-refractivity contribution >= 4 is 0 Å². The van der Waals surface area contributed by atoms with Gasteiger partial charge in [0.15, 0.2) is 0 Å². The van der Waals surface area contributed by atoms with Crippen LogP contribution in [0.4, 0.5) is 13.2 Å². The molecule has 3 nitrogen and oxygen atoms in total. The van der Waals surface area contributed by atoms with Crippen molar-refractivity contribution in [2.45, 2.75) is 25.7 Å². The molecule has 1 aromatic rings. The van der Waals surface area contributed by atoms with Gasteiger partial charge in [-0.05, 0) is 31.7 Å². The summed E-state index contributed by atoms with van der Waals surface area (Å²) in [5, 5.41) is 2.41. The lowest BCUT2D eigenvalue weighted by molar-refractivity contribution is -0.125. The molecule has 1 N–H and O–H groups in total. The van der Waals surface area contributed by atoms with Gasteiger partial charge in [-0.15, -0.1) is 0 Å². The maximum Gasteiger partial charge on any atom is 0.401 e.